The van der Waals surface area contributed by atoms with Crippen molar-refractivity contribution in [1.82, 2.24) is 4.90 Å². The minimum atomic E-state index is -1.11. The van der Waals surface area contributed by atoms with Crippen molar-refractivity contribution in [2.75, 3.05) is 0 Å². The maximum absolute atomic E-state index is 13.0. The highest BCUT2D eigenvalue weighted by atomic mass is 19.1. The molecule has 6 nitrogen and oxygen atoms in total. The van der Waals surface area contributed by atoms with Crippen molar-refractivity contribution in [3.05, 3.63) is 35.6 Å². The molecule has 0 unspecified atom stereocenters. The molecule has 0 aromatic heterocycles. The molecule has 7 heteroatoms. The first kappa shape index (κ1) is 19.2. The van der Waals surface area contributed by atoms with Crippen molar-refractivity contribution in [2.24, 2.45) is 11.8 Å². The van der Waals surface area contributed by atoms with Gasteiger partial charge in [-0.2, -0.15) is 0 Å². The third kappa shape index (κ3) is 3.63. The highest BCUT2D eigenvalue weighted by Crippen LogP contribution is 2.38. The van der Waals surface area contributed by atoms with Crippen LogP contribution < -0.4 is 0 Å². The molecule has 1 saturated carbocycles. The molecule has 0 bridgehead atoms. The van der Waals surface area contributed by atoms with Crippen molar-refractivity contribution in [3.8, 4) is 0 Å². The molecule has 2 fully saturated rings. The molecule has 144 valence electrons. The summed E-state index contributed by atoms with van der Waals surface area (Å²) in [6.45, 7) is 2.84. The van der Waals surface area contributed by atoms with Crippen molar-refractivity contribution >= 4 is 23.6 Å². The van der Waals surface area contributed by atoms with Crippen LogP contribution in [0.5, 0.6) is 0 Å². The van der Waals surface area contributed by atoms with Gasteiger partial charge < -0.3 is 4.74 Å². The monoisotopic (exact) mass is 375 g/mol. The van der Waals surface area contributed by atoms with Crippen LogP contribution in [0.3, 0.4) is 0 Å². The Bertz CT molecular complexity index is 751. The maximum Gasteiger partial charge on any atom is 0.329 e. The standard InChI is InChI=1S/C20H22FNO5/c1-11(22-18(24)15-5-3-4-6-16(15)19(22)25)20(26)27-12(2)17(23)13-7-9-14(21)10-8-13/h7-12,15-16H,3-6H2,1-2H3/t11-,12-,15-,16+/m0/s1. The molecule has 2 amide bonds. The molecule has 0 N–H and O–H groups in total. The van der Waals surface area contributed by atoms with Crippen LogP contribution in [-0.2, 0) is 19.1 Å². The van der Waals surface area contributed by atoms with Crippen LogP contribution in [0.25, 0.3) is 0 Å². The zero-order valence-electron chi connectivity index (χ0n) is 15.3. The van der Waals surface area contributed by atoms with E-state index in [1.807, 2.05) is 0 Å². The van der Waals surface area contributed by atoms with Crippen molar-refractivity contribution in [1.29, 1.82) is 0 Å². The van der Waals surface area contributed by atoms with E-state index in [-0.39, 0.29) is 29.2 Å². The normalized spacial score (nSPS) is 24.3. The number of benzene rings is 1. The van der Waals surface area contributed by atoms with E-state index in [9.17, 15) is 23.6 Å². The van der Waals surface area contributed by atoms with Gasteiger partial charge in [-0.3, -0.25) is 19.3 Å². The molecule has 1 aromatic rings. The fraction of sp³-hybridized carbons (Fsp3) is 0.500. The van der Waals surface area contributed by atoms with Gasteiger partial charge in [-0.05, 0) is 51.0 Å². The van der Waals surface area contributed by atoms with E-state index in [2.05, 4.69) is 0 Å². The summed E-state index contributed by atoms with van der Waals surface area (Å²) in [6, 6.07) is 3.83. The Labute approximate surface area is 156 Å². The lowest BCUT2D eigenvalue weighted by Crippen LogP contribution is -2.45. The summed E-state index contributed by atoms with van der Waals surface area (Å²) < 4.78 is 18.2. The van der Waals surface area contributed by atoms with E-state index in [1.165, 1.54) is 26.0 Å². The molecule has 2 aliphatic rings. The third-order valence-electron chi connectivity index (χ3n) is 5.39. The largest absolute Gasteiger partial charge is 0.453 e. The molecule has 1 heterocycles. The van der Waals surface area contributed by atoms with E-state index in [0.29, 0.717) is 12.8 Å². The average molecular weight is 375 g/mol. The van der Waals surface area contributed by atoms with E-state index < -0.39 is 29.7 Å². The zero-order valence-corrected chi connectivity index (χ0v) is 15.3. The van der Waals surface area contributed by atoms with Gasteiger partial charge in [-0.1, -0.05) is 12.8 Å². The quantitative estimate of drug-likeness (QED) is 0.449. The van der Waals surface area contributed by atoms with Gasteiger partial charge in [-0.15, -0.1) is 0 Å². The van der Waals surface area contributed by atoms with Gasteiger partial charge in [0.25, 0.3) is 0 Å². The SMILES string of the molecule is C[C@H](OC(=O)[C@H](C)N1C(=O)[C@H]2CCCC[C@H]2C1=O)C(=O)c1ccc(F)cc1. The molecule has 0 spiro atoms. The van der Waals surface area contributed by atoms with Gasteiger partial charge in [0.1, 0.15) is 11.9 Å². The number of likely N-dealkylation sites (tertiary alicyclic amines) is 1. The zero-order chi connectivity index (χ0) is 19.7. The molecule has 1 aliphatic carbocycles. The van der Waals surface area contributed by atoms with Gasteiger partial charge in [-0.25, -0.2) is 9.18 Å². The second kappa shape index (κ2) is 7.58. The Kier molecular flexibility index (Phi) is 5.39. The Hall–Kier alpha value is -2.57. The number of carbonyl (C=O) groups excluding carboxylic acids is 4. The smallest absolute Gasteiger partial charge is 0.329 e. The molecule has 1 saturated heterocycles. The van der Waals surface area contributed by atoms with Gasteiger partial charge in [0.15, 0.2) is 6.10 Å². The number of halogens is 1. The van der Waals surface area contributed by atoms with Gasteiger partial charge in [0.05, 0.1) is 11.8 Å². The predicted molar refractivity (Wildman–Crippen MR) is 93.0 cm³/mol. The first-order chi connectivity index (χ1) is 12.8. The van der Waals surface area contributed by atoms with Crippen molar-refractivity contribution in [2.45, 2.75) is 51.7 Å². The molecule has 3 rings (SSSR count). The first-order valence-electron chi connectivity index (χ1n) is 9.18. The van der Waals surface area contributed by atoms with Crippen molar-refractivity contribution < 1.29 is 28.3 Å². The summed E-state index contributed by atoms with van der Waals surface area (Å²) in [6.07, 6.45) is 2.01. The number of imide groups is 1. The van der Waals surface area contributed by atoms with Crippen LogP contribution in [0, 0.1) is 17.7 Å². The number of hydrogen-bond acceptors (Lipinski definition) is 5. The van der Waals surface area contributed by atoms with E-state index in [1.54, 1.807) is 0 Å². The summed E-state index contributed by atoms with van der Waals surface area (Å²) in [5.74, 6) is -3.11. The topological polar surface area (TPSA) is 80.8 Å². The molecular weight excluding hydrogens is 353 g/mol. The molecule has 27 heavy (non-hydrogen) atoms. The Morgan fingerprint density at radius 2 is 1.56 bits per heavy atom. The number of ether oxygens (including phenoxy) is 1. The molecule has 1 aliphatic heterocycles. The van der Waals surface area contributed by atoms with Crippen LogP contribution in [0.4, 0.5) is 4.39 Å². The molecule has 4 atom stereocenters. The molecule has 0 radical (unpaired) electrons. The lowest BCUT2D eigenvalue weighted by atomic mass is 9.81. The van der Waals surface area contributed by atoms with Gasteiger partial charge in [0.2, 0.25) is 17.6 Å². The summed E-state index contributed by atoms with van der Waals surface area (Å²) in [4.78, 5) is 50.9. The van der Waals surface area contributed by atoms with Crippen molar-refractivity contribution in [3.63, 3.8) is 0 Å². The Balaban J connectivity index is 1.66. The minimum absolute atomic E-state index is 0.212. The van der Waals surface area contributed by atoms with E-state index in [0.717, 1.165) is 29.9 Å². The number of amides is 2. The third-order valence-corrected chi connectivity index (χ3v) is 5.39. The summed E-state index contributed by atoms with van der Waals surface area (Å²) in [5.41, 5.74) is 0.212. The van der Waals surface area contributed by atoms with Crippen LogP contribution in [0.15, 0.2) is 24.3 Å². The molecular formula is C20H22FNO5. The molecule has 1 aromatic carbocycles. The second-order valence-electron chi connectivity index (χ2n) is 7.17. The predicted octanol–water partition coefficient (Wildman–Crippen LogP) is 2.50. The van der Waals surface area contributed by atoms with Crippen LogP contribution in [0.2, 0.25) is 0 Å². The lowest BCUT2D eigenvalue weighted by Gasteiger charge is -2.23. The summed E-state index contributed by atoms with van der Waals surface area (Å²) in [7, 11) is 0. The number of nitrogens with zero attached hydrogens (tertiary/aromatic N) is 1. The first-order valence-corrected chi connectivity index (χ1v) is 9.18. The fourth-order valence-electron chi connectivity index (χ4n) is 3.85. The minimum Gasteiger partial charge on any atom is -0.453 e. The number of Topliss-reactive ketones (excluding diaryl/α,β-unsaturated/α-hetero) is 1. The highest BCUT2D eigenvalue weighted by molar-refractivity contribution is 6.08. The van der Waals surface area contributed by atoms with Crippen LogP contribution >= 0.6 is 0 Å². The van der Waals surface area contributed by atoms with Crippen LogP contribution in [0.1, 0.15) is 49.9 Å². The number of ketones is 1. The second-order valence-corrected chi connectivity index (χ2v) is 7.17. The van der Waals surface area contributed by atoms with E-state index in [4.69, 9.17) is 4.74 Å². The average Bonchev–Trinajstić information content (AvgIpc) is 2.92. The number of carbonyl (C=O) groups is 4. The number of rotatable bonds is 5. The van der Waals surface area contributed by atoms with E-state index >= 15 is 0 Å². The highest BCUT2D eigenvalue weighted by Gasteiger charge is 2.51. The Morgan fingerprint density at radius 3 is 2.07 bits per heavy atom. The maximum atomic E-state index is 13.0. The number of fused-ring (bicyclic) bond motifs is 1. The number of esters is 1. The summed E-state index contributed by atoms with van der Waals surface area (Å²) in [5, 5.41) is 0. The van der Waals surface area contributed by atoms with Gasteiger partial charge >= 0.3 is 5.97 Å². The van der Waals surface area contributed by atoms with Crippen LogP contribution in [-0.4, -0.2) is 40.6 Å². The lowest BCUT2D eigenvalue weighted by molar-refractivity contribution is -0.159. The number of hydrogen-bond donors (Lipinski definition) is 0. The Morgan fingerprint density at radius 1 is 1.04 bits per heavy atom. The van der Waals surface area contributed by atoms with Gasteiger partial charge in [0, 0.05) is 5.56 Å². The summed E-state index contributed by atoms with van der Waals surface area (Å²) >= 11 is 0. The fourth-order valence-corrected chi connectivity index (χ4v) is 3.85.